The van der Waals surface area contributed by atoms with Gasteiger partial charge in [-0.25, -0.2) is 9.78 Å². The summed E-state index contributed by atoms with van der Waals surface area (Å²) in [4.78, 5) is 24.6. The maximum absolute atomic E-state index is 12.6. The van der Waals surface area contributed by atoms with Crippen LogP contribution in [0.5, 0.6) is 0 Å². The molecule has 0 spiro atoms. The molecule has 2 bridgehead atoms. The Bertz CT molecular complexity index is 704. The third-order valence-electron chi connectivity index (χ3n) is 5.20. The third kappa shape index (κ3) is 6.70. The fourth-order valence-corrected chi connectivity index (χ4v) is 4.89. The lowest BCUT2D eigenvalue weighted by atomic mass is 9.98. The zero-order valence-electron chi connectivity index (χ0n) is 18.0. The van der Waals surface area contributed by atoms with Crippen molar-refractivity contribution in [2.24, 2.45) is 4.99 Å². The van der Waals surface area contributed by atoms with Crippen LogP contribution in [0.2, 0.25) is 0 Å². The van der Waals surface area contributed by atoms with Crippen molar-refractivity contribution < 1.29 is 9.53 Å². The van der Waals surface area contributed by atoms with Crippen molar-refractivity contribution >= 4 is 47.4 Å². The molecule has 1 aromatic rings. The highest BCUT2D eigenvalue weighted by Gasteiger charge is 2.45. The van der Waals surface area contributed by atoms with Gasteiger partial charge in [-0.15, -0.1) is 35.3 Å². The molecule has 3 rings (SSSR count). The summed E-state index contributed by atoms with van der Waals surface area (Å²) in [6.45, 7) is 8.64. The normalized spacial score (nSPS) is 24.1. The van der Waals surface area contributed by atoms with Gasteiger partial charge in [0.25, 0.3) is 0 Å². The molecule has 0 saturated carbocycles. The molecule has 164 valence electrons. The summed E-state index contributed by atoms with van der Waals surface area (Å²) >= 11 is 1.74. The molecule has 2 unspecified atom stereocenters. The average Bonchev–Trinajstić information content (AvgIpc) is 3.13. The Labute approximate surface area is 195 Å². The number of nitrogens with zero attached hydrogens (tertiary/aromatic N) is 3. The number of hydrogen-bond donors (Lipinski definition) is 2. The van der Waals surface area contributed by atoms with Gasteiger partial charge in [0, 0.05) is 49.2 Å². The molecule has 2 aliphatic heterocycles. The van der Waals surface area contributed by atoms with Crippen LogP contribution in [0.1, 0.15) is 56.3 Å². The average molecular weight is 535 g/mol. The summed E-state index contributed by atoms with van der Waals surface area (Å²) in [5.74, 6) is 0.823. The first kappa shape index (κ1) is 24.2. The molecule has 3 heterocycles. The van der Waals surface area contributed by atoms with Crippen molar-refractivity contribution in [3.8, 4) is 0 Å². The Hall–Kier alpha value is -1.10. The van der Waals surface area contributed by atoms with E-state index in [0.29, 0.717) is 6.04 Å². The number of aromatic nitrogens is 1. The number of ether oxygens (including phenoxy) is 1. The number of fused-ring (bicyclic) bond motifs is 2. The number of amides is 1. The highest BCUT2D eigenvalue weighted by Crippen LogP contribution is 2.36. The van der Waals surface area contributed by atoms with E-state index in [0.717, 1.165) is 49.6 Å². The maximum atomic E-state index is 12.6. The van der Waals surface area contributed by atoms with Gasteiger partial charge in [0.1, 0.15) is 5.60 Å². The van der Waals surface area contributed by atoms with Crippen molar-refractivity contribution in [2.45, 2.75) is 83.5 Å². The van der Waals surface area contributed by atoms with Crippen molar-refractivity contribution in [1.29, 1.82) is 0 Å². The summed E-state index contributed by atoms with van der Waals surface area (Å²) in [5.41, 5.74) is -0.451. The smallest absolute Gasteiger partial charge is 0.410 e. The van der Waals surface area contributed by atoms with E-state index in [-0.39, 0.29) is 42.2 Å². The number of halogens is 1. The molecule has 2 saturated heterocycles. The van der Waals surface area contributed by atoms with Gasteiger partial charge in [0.2, 0.25) is 0 Å². The maximum Gasteiger partial charge on any atom is 0.410 e. The van der Waals surface area contributed by atoms with Crippen molar-refractivity contribution in [1.82, 2.24) is 20.5 Å². The van der Waals surface area contributed by atoms with E-state index in [1.54, 1.807) is 18.4 Å². The Balaban J connectivity index is 0.00000300. The fourth-order valence-electron chi connectivity index (χ4n) is 4.10. The van der Waals surface area contributed by atoms with E-state index < -0.39 is 5.60 Å². The van der Waals surface area contributed by atoms with Gasteiger partial charge in [0.15, 0.2) is 5.96 Å². The second-order valence-electron chi connectivity index (χ2n) is 8.70. The van der Waals surface area contributed by atoms with Gasteiger partial charge >= 0.3 is 6.09 Å². The van der Waals surface area contributed by atoms with Crippen molar-refractivity contribution in [3.63, 3.8) is 0 Å². The molecule has 0 aliphatic carbocycles. The standard InChI is InChI=1S/C20H33N5O2S.HI/c1-13-12-23-17(28-13)8-9-22-18(21-5)24-14-10-15-6-7-16(11-14)25(15)19(26)27-20(2,3)4;/h12,14-16H,6-11H2,1-5H3,(H2,21,22,24);1H. The van der Waals surface area contributed by atoms with Crippen LogP contribution >= 0.6 is 35.3 Å². The number of thiazole rings is 1. The summed E-state index contributed by atoms with van der Waals surface area (Å²) in [7, 11) is 1.80. The Kier molecular flexibility index (Phi) is 8.57. The molecule has 2 aliphatic rings. The number of carbonyl (C=O) groups is 1. The number of piperidine rings is 1. The minimum Gasteiger partial charge on any atom is -0.444 e. The van der Waals surface area contributed by atoms with Gasteiger partial charge in [-0.1, -0.05) is 0 Å². The van der Waals surface area contributed by atoms with Crippen LogP contribution in [-0.2, 0) is 11.2 Å². The summed E-state index contributed by atoms with van der Waals surface area (Å²) < 4.78 is 5.62. The molecule has 0 aromatic carbocycles. The van der Waals surface area contributed by atoms with Crippen LogP contribution in [-0.4, -0.2) is 59.3 Å². The zero-order chi connectivity index (χ0) is 20.3. The van der Waals surface area contributed by atoms with E-state index in [4.69, 9.17) is 4.74 Å². The molecule has 0 radical (unpaired) electrons. The molecule has 1 amide bonds. The lowest BCUT2D eigenvalue weighted by Crippen LogP contribution is -2.55. The molecule has 7 nitrogen and oxygen atoms in total. The molecular formula is C20H34IN5O2S. The van der Waals surface area contributed by atoms with E-state index in [9.17, 15) is 4.79 Å². The lowest BCUT2D eigenvalue weighted by Gasteiger charge is -2.40. The van der Waals surface area contributed by atoms with Crippen LogP contribution in [0.15, 0.2) is 11.2 Å². The topological polar surface area (TPSA) is 78.9 Å². The van der Waals surface area contributed by atoms with Crippen LogP contribution in [0.3, 0.4) is 0 Å². The Morgan fingerprint density at radius 1 is 1.34 bits per heavy atom. The lowest BCUT2D eigenvalue weighted by molar-refractivity contribution is 0.00545. The first-order valence-corrected chi connectivity index (χ1v) is 11.0. The van der Waals surface area contributed by atoms with Crippen LogP contribution in [0.4, 0.5) is 4.79 Å². The minimum atomic E-state index is -0.451. The monoisotopic (exact) mass is 535 g/mol. The molecular weight excluding hydrogens is 501 g/mol. The van der Waals surface area contributed by atoms with E-state index >= 15 is 0 Å². The minimum absolute atomic E-state index is 0. The second kappa shape index (κ2) is 10.3. The fraction of sp³-hybridized carbons (Fsp3) is 0.750. The van der Waals surface area contributed by atoms with Gasteiger partial charge < -0.3 is 20.3 Å². The number of rotatable bonds is 4. The first-order chi connectivity index (χ1) is 13.2. The number of hydrogen-bond acceptors (Lipinski definition) is 5. The van der Waals surface area contributed by atoms with E-state index in [1.165, 1.54) is 4.88 Å². The van der Waals surface area contributed by atoms with E-state index in [2.05, 4.69) is 27.5 Å². The largest absolute Gasteiger partial charge is 0.444 e. The van der Waals surface area contributed by atoms with Crippen LogP contribution < -0.4 is 10.6 Å². The number of carbonyl (C=O) groups excluding carboxylic acids is 1. The molecule has 1 aromatic heterocycles. The van der Waals surface area contributed by atoms with Crippen molar-refractivity contribution in [2.75, 3.05) is 13.6 Å². The van der Waals surface area contributed by atoms with Crippen LogP contribution in [0.25, 0.3) is 0 Å². The molecule has 2 atom stereocenters. The Morgan fingerprint density at radius 2 is 2.00 bits per heavy atom. The highest BCUT2D eigenvalue weighted by atomic mass is 127. The molecule has 29 heavy (non-hydrogen) atoms. The summed E-state index contributed by atoms with van der Waals surface area (Å²) in [6.07, 6.45) is 6.61. The molecule has 2 fully saturated rings. The third-order valence-corrected chi connectivity index (χ3v) is 6.17. The number of guanidine groups is 1. The summed E-state index contributed by atoms with van der Waals surface area (Å²) in [6, 6.07) is 0.828. The van der Waals surface area contributed by atoms with Gasteiger partial charge in [-0.2, -0.15) is 0 Å². The first-order valence-electron chi connectivity index (χ1n) is 10.1. The van der Waals surface area contributed by atoms with Gasteiger partial charge in [-0.05, 0) is 53.4 Å². The molecule has 9 heteroatoms. The Morgan fingerprint density at radius 3 is 2.52 bits per heavy atom. The van der Waals surface area contributed by atoms with Gasteiger partial charge in [-0.3, -0.25) is 4.99 Å². The highest BCUT2D eigenvalue weighted by molar-refractivity contribution is 14.0. The van der Waals surface area contributed by atoms with E-state index in [1.807, 2.05) is 31.9 Å². The number of aryl methyl sites for hydroxylation is 1. The summed E-state index contributed by atoms with van der Waals surface area (Å²) in [5, 5.41) is 8.08. The number of nitrogens with one attached hydrogen (secondary N) is 2. The quantitative estimate of drug-likeness (QED) is 0.349. The van der Waals surface area contributed by atoms with Crippen molar-refractivity contribution in [3.05, 3.63) is 16.1 Å². The second-order valence-corrected chi connectivity index (χ2v) is 10.0. The zero-order valence-corrected chi connectivity index (χ0v) is 21.2. The molecule has 2 N–H and O–H groups in total. The predicted octanol–water partition coefficient (Wildman–Crippen LogP) is 3.71. The van der Waals surface area contributed by atoms with Crippen LogP contribution in [0, 0.1) is 6.92 Å². The predicted molar refractivity (Wildman–Crippen MR) is 128 cm³/mol. The van der Waals surface area contributed by atoms with Gasteiger partial charge in [0.05, 0.1) is 5.01 Å². The SMILES string of the molecule is CN=C(NCCc1ncc(C)s1)NC1CC2CCC(C1)N2C(=O)OC(C)(C)C.I. The number of aliphatic imine (C=N–C) groups is 1.